The lowest BCUT2D eigenvalue weighted by molar-refractivity contribution is -0.152. The fourth-order valence-corrected chi connectivity index (χ4v) is 11.1. The van der Waals surface area contributed by atoms with E-state index in [1.54, 1.807) is 6.08 Å². The lowest BCUT2D eigenvalue weighted by atomic mass is 9.77. The summed E-state index contributed by atoms with van der Waals surface area (Å²) in [6, 6.07) is 28.0. The van der Waals surface area contributed by atoms with Crippen molar-refractivity contribution in [3.63, 3.8) is 0 Å². The Labute approximate surface area is 514 Å². The zero-order chi connectivity index (χ0) is 63.1. The number of fused-ring (bicyclic) bond motifs is 8. The number of nitrogens with one attached hydrogen (secondary N) is 2. The summed E-state index contributed by atoms with van der Waals surface area (Å²) in [5, 5.41) is 5.52. The molecule has 0 spiro atoms. The molecule has 1 saturated carbocycles. The third-order valence-corrected chi connectivity index (χ3v) is 15.7. The third-order valence-electron chi connectivity index (χ3n) is 15.7. The van der Waals surface area contributed by atoms with Gasteiger partial charge in [-0.3, -0.25) is 14.4 Å². The number of rotatable bonds is 14. The minimum absolute atomic E-state index is 0.0959. The molecule has 7 atom stereocenters. The summed E-state index contributed by atoms with van der Waals surface area (Å²) >= 11 is 0. The molecule has 1 aliphatic carbocycles. The topological polar surface area (TPSA) is 237 Å². The number of benzene rings is 4. The molecule has 4 bridgehead atoms. The molecular formula is C69H81N7O12. The van der Waals surface area contributed by atoms with Gasteiger partial charge in [-0.05, 0) is 110 Å². The molecule has 2 fully saturated rings. The number of Topliss-reactive ketones (excluding diaryl/α,β-unsaturated/α-hetero) is 1. The monoisotopic (exact) mass is 1200 g/mol. The Morgan fingerprint density at radius 2 is 1.41 bits per heavy atom. The van der Waals surface area contributed by atoms with Crippen LogP contribution in [-0.4, -0.2) is 125 Å². The van der Waals surface area contributed by atoms with Crippen LogP contribution < -0.4 is 20.1 Å². The second-order valence-corrected chi connectivity index (χ2v) is 24.4. The lowest BCUT2D eigenvalue weighted by Crippen LogP contribution is -2.57. The SMILES string of the molecule is C=CCCCCOC(=O)N[C@H](C(=O)C1C[C@H](Oc2nc3ccccc3nc2-c2cccc(C=C)c2)C[C@H]1C(=O)OC)C(C)(C)C.COC(=O)[C@@H]1C[C@@H]2CN1C(=O)[C@H](C(C)(C)C)NC(=O)OCCCC/C=C/c1cccc(c1)-c1nc3ccccc3nc1O2. The van der Waals surface area contributed by atoms with Crippen molar-refractivity contribution in [2.45, 2.75) is 130 Å². The van der Waals surface area contributed by atoms with E-state index < -0.39 is 83.0 Å². The third kappa shape index (κ3) is 16.5. The Morgan fingerprint density at radius 1 is 0.761 bits per heavy atom. The van der Waals surface area contributed by atoms with Crippen molar-refractivity contribution < 1.29 is 57.2 Å². The van der Waals surface area contributed by atoms with Crippen molar-refractivity contribution in [1.82, 2.24) is 35.5 Å². The highest BCUT2D eigenvalue weighted by molar-refractivity contribution is 5.94. The van der Waals surface area contributed by atoms with Gasteiger partial charge in [0.05, 0.1) is 68.0 Å². The first-order valence-corrected chi connectivity index (χ1v) is 30.0. The number of allylic oxidation sites excluding steroid dienone is 2. The minimum atomic E-state index is -0.946. The van der Waals surface area contributed by atoms with Crippen LogP contribution in [0.3, 0.4) is 0 Å². The van der Waals surface area contributed by atoms with Crippen LogP contribution in [0.15, 0.2) is 122 Å². The van der Waals surface area contributed by atoms with Crippen LogP contribution in [0.4, 0.5) is 9.59 Å². The molecule has 2 aliphatic heterocycles. The number of ether oxygens (including phenoxy) is 6. The second kappa shape index (κ2) is 29.6. The number of esters is 2. The number of unbranched alkanes of at least 4 members (excludes halogenated alkanes) is 2. The van der Waals surface area contributed by atoms with E-state index in [9.17, 15) is 28.8 Å². The molecule has 2 N–H and O–H groups in total. The van der Waals surface area contributed by atoms with Crippen LogP contribution in [0.2, 0.25) is 0 Å². The van der Waals surface area contributed by atoms with Crippen LogP contribution in [0.5, 0.6) is 11.8 Å². The number of aromatic nitrogens is 4. The molecule has 19 heteroatoms. The number of methoxy groups -OCH3 is 2. The smallest absolute Gasteiger partial charge is 0.407 e. The first-order valence-electron chi connectivity index (χ1n) is 30.0. The van der Waals surface area contributed by atoms with Crippen LogP contribution in [0.25, 0.3) is 56.7 Å². The number of hydrogen-bond donors (Lipinski definition) is 2. The van der Waals surface area contributed by atoms with Crippen LogP contribution in [0.1, 0.15) is 110 Å². The molecular weight excluding hydrogens is 1120 g/mol. The summed E-state index contributed by atoms with van der Waals surface area (Å²) in [6.07, 6.45) is 10.6. The number of nitrogens with zero attached hydrogens (tertiary/aromatic N) is 5. The fraction of sp³-hybridized carbons (Fsp3) is 0.420. The van der Waals surface area contributed by atoms with E-state index in [1.807, 2.05) is 145 Å². The number of cyclic esters (lactones) is 1. The van der Waals surface area contributed by atoms with Gasteiger partial charge in [0.2, 0.25) is 17.7 Å². The molecule has 3 aliphatic rings. The summed E-state index contributed by atoms with van der Waals surface area (Å²) in [5.41, 5.74) is 6.12. The zero-order valence-corrected chi connectivity index (χ0v) is 51.6. The van der Waals surface area contributed by atoms with Crippen molar-refractivity contribution in [1.29, 1.82) is 0 Å². The van der Waals surface area contributed by atoms with Crippen LogP contribution in [0, 0.1) is 22.7 Å². The highest BCUT2D eigenvalue weighted by Gasteiger charge is 2.50. The van der Waals surface area contributed by atoms with E-state index in [4.69, 9.17) is 48.4 Å². The predicted octanol–water partition coefficient (Wildman–Crippen LogP) is 12.1. The van der Waals surface area contributed by atoms with Crippen LogP contribution in [-0.2, 0) is 38.1 Å². The van der Waals surface area contributed by atoms with E-state index in [0.717, 1.165) is 53.5 Å². The molecule has 0 radical (unpaired) electrons. The zero-order valence-electron chi connectivity index (χ0n) is 51.6. The summed E-state index contributed by atoms with van der Waals surface area (Å²) < 4.78 is 33.9. The van der Waals surface area contributed by atoms with Crippen molar-refractivity contribution >= 4 is 70.0 Å². The van der Waals surface area contributed by atoms with Crippen molar-refractivity contribution in [3.05, 3.63) is 133 Å². The van der Waals surface area contributed by atoms with Gasteiger partial charge in [0.25, 0.3) is 0 Å². The molecule has 6 aromatic rings. The molecule has 88 heavy (non-hydrogen) atoms. The average molecular weight is 1200 g/mol. The Balaban J connectivity index is 0.000000228. The summed E-state index contributed by atoms with van der Waals surface area (Å²) in [7, 11) is 2.60. The maximum absolute atomic E-state index is 14.1. The van der Waals surface area contributed by atoms with Gasteiger partial charge < -0.3 is 44.0 Å². The van der Waals surface area contributed by atoms with Gasteiger partial charge in [-0.1, -0.05) is 133 Å². The minimum Gasteiger partial charge on any atom is -0.473 e. The molecule has 9 rings (SSSR count). The Kier molecular flexibility index (Phi) is 21.9. The van der Waals surface area contributed by atoms with E-state index >= 15 is 0 Å². The first-order chi connectivity index (χ1) is 42.2. The number of ketones is 1. The highest BCUT2D eigenvalue weighted by atomic mass is 16.6. The summed E-state index contributed by atoms with van der Waals surface area (Å²) in [5.74, 6) is -2.62. The van der Waals surface area contributed by atoms with Gasteiger partial charge in [-0.25, -0.2) is 34.3 Å². The number of carbonyl (C=O) groups excluding carboxylic acids is 6. The molecule has 464 valence electrons. The molecule has 1 unspecified atom stereocenters. The van der Waals surface area contributed by atoms with E-state index in [1.165, 1.54) is 19.1 Å². The quantitative estimate of drug-likeness (QED) is 0.0446. The fourth-order valence-electron chi connectivity index (χ4n) is 11.1. The van der Waals surface area contributed by atoms with Gasteiger partial charge in [0.1, 0.15) is 35.7 Å². The molecule has 4 heterocycles. The molecule has 4 aromatic carbocycles. The largest absolute Gasteiger partial charge is 0.473 e. The van der Waals surface area contributed by atoms with Gasteiger partial charge in [-0.2, -0.15) is 0 Å². The maximum Gasteiger partial charge on any atom is 0.407 e. The van der Waals surface area contributed by atoms with Crippen molar-refractivity contribution in [3.8, 4) is 34.3 Å². The van der Waals surface area contributed by atoms with Gasteiger partial charge in [0.15, 0.2) is 5.78 Å². The predicted molar refractivity (Wildman–Crippen MR) is 337 cm³/mol. The van der Waals surface area contributed by atoms with Crippen molar-refractivity contribution in [2.24, 2.45) is 22.7 Å². The Hall–Kier alpha value is -9.00. The standard InChI is InChI=1S/C36H43N3O6.C33H38N4O6/c1-7-9-10-13-19-44-35(42)39-32(36(3,4)5)31(40)26-21-25(22-27(26)34(41)43-6)45-33-30(24-16-14-15-23(8-2)20-24)37-28-17-11-12-18-29(28)38-33;1-33(2,3)28-30(38)37-20-23(19-26(37)31(39)41-4)43-29-27(34-24-15-8-9-16-25(24)35-29)22-14-11-13-21(18-22)12-7-5-6-10-17-42-32(40)36-28/h7-8,11-12,14-18,20,25-27,32H,1-2,9-10,13,19,21-22H2,3-6H3,(H,39,42);7-9,11-16,18,23,26,28H,5-6,10,17,19-20H2,1-4H3,(H,36,40)/b;12-7+/t25-,26?,27+,32+;23-,26+,28-/m01/s1. The Bertz CT molecular complexity index is 3540. The Morgan fingerprint density at radius 3 is 2.07 bits per heavy atom. The number of carbonyl (C=O) groups is 6. The van der Waals surface area contributed by atoms with Gasteiger partial charge >= 0.3 is 24.1 Å². The molecule has 2 aromatic heterocycles. The summed E-state index contributed by atoms with van der Waals surface area (Å²) in [4.78, 5) is 100. The highest BCUT2D eigenvalue weighted by Crippen LogP contribution is 2.41. The number of hydrogen-bond acceptors (Lipinski definition) is 16. The first kappa shape index (κ1) is 65.0. The second-order valence-electron chi connectivity index (χ2n) is 24.4. The van der Waals surface area contributed by atoms with Crippen molar-refractivity contribution in [2.75, 3.05) is 34.0 Å². The van der Waals surface area contributed by atoms with E-state index in [-0.39, 0.29) is 44.8 Å². The number of alkyl carbamates (subject to hydrolysis) is 2. The summed E-state index contributed by atoms with van der Waals surface area (Å²) in [6.45, 7) is 19.3. The van der Waals surface area contributed by atoms with E-state index in [0.29, 0.717) is 52.5 Å². The van der Waals surface area contributed by atoms with Gasteiger partial charge in [-0.15, -0.1) is 6.58 Å². The lowest BCUT2D eigenvalue weighted by Gasteiger charge is -2.34. The van der Waals surface area contributed by atoms with Crippen LogP contribution >= 0.6 is 0 Å². The normalized spacial score (nSPS) is 20.5. The van der Waals surface area contributed by atoms with E-state index in [2.05, 4.69) is 35.9 Å². The molecule has 19 nitrogen and oxygen atoms in total. The molecule has 1 saturated heterocycles. The number of para-hydroxylation sites is 4. The molecule has 3 amide bonds. The maximum atomic E-state index is 14.1. The average Bonchev–Trinajstić information content (AvgIpc) is 1.69. The van der Waals surface area contributed by atoms with Gasteiger partial charge in [0, 0.05) is 23.5 Å². The number of amides is 3.